The maximum absolute atomic E-state index is 5.47. The number of rotatable bonds is 8. The van der Waals surface area contributed by atoms with Crippen LogP contribution < -0.4 is 15.4 Å². The highest BCUT2D eigenvalue weighted by Crippen LogP contribution is 2.20. The monoisotopic (exact) mass is 508 g/mol. The first kappa shape index (κ1) is 22.9. The van der Waals surface area contributed by atoms with Crippen LogP contribution in [0.15, 0.2) is 47.6 Å². The van der Waals surface area contributed by atoms with Crippen molar-refractivity contribution in [2.75, 3.05) is 20.2 Å². The largest absolute Gasteiger partial charge is 0.496 e. The Hall–Kier alpha value is -2.36. The number of fused-ring (bicyclic) bond motifs is 1. The van der Waals surface area contributed by atoms with Crippen molar-refractivity contribution in [3.05, 3.63) is 59.5 Å². The van der Waals surface area contributed by atoms with Crippen LogP contribution in [0.4, 0.5) is 0 Å². The first-order valence-corrected chi connectivity index (χ1v) is 9.65. The van der Waals surface area contributed by atoms with Gasteiger partial charge in [-0.2, -0.15) is 0 Å². The van der Waals surface area contributed by atoms with Crippen molar-refractivity contribution in [1.82, 2.24) is 25.2 Å². The predicted octanol–water partition coefficient (Wildman–Crippen LogP) is 3.35. The molecule has 3 rings (SSSR count). The van der Waals surface area contributed by atoms with Crippen LogP contribution in [-0.2, 0) is 13.0 Å². The SMILES string of the molecule is CCNC(=NCc1ccc(C)cc1OC)NCCCc1nnc2ccccn12.I. The van der Waals surface area contributed by atoms with E-state index in [0.29, 0.717) is 6.54 Å². The Kier molecular flexibility index (Phi) is 9.17. The van der Waals surface area contributed by atoms with Gasteiger partial charge in [0.05, 0.1) is 13.7 Å². The molecule has 0 unspecified atom stereocenters. The quantitative estimate of drug-likeness (QED) is 0.211. The van der Waals surface area contributed by atoms with Crippen LogP contribution in [0, 0.1) is 6.92 Å². The Bertz CT molecular complexity index is 940. The molecule has 7 nitrogen and oxygen atoms in total. The standard InChI is InChI=1S/C21H28N6O.HI/c1-4-22-21(24-15-17-11-10-16(2)14-18(17)28-3)23-12-7-9-20-26-25-19-8-5-6-13-27(19)20;/h5-6,8,10-11,13-14H,4,7,9,12,15H2,1-3H3,(H2,22,23,24);1H. The molecule has 0 atom stereocenters. The van der Waals surface area contributed by atoms with Crippen molar-refractivity contribution in [3.8, 4) is 5.75 Å². The Labute approximate surface area is 189 Å². The molecule has 29 heavy (non-hydrogen) atoms. The van der Waals surface area contributed by atoms with E-state index in [-0.39, 0.29) is 24.0 Å². The van der Waals surface area contributed by atoms with Gasteiger partial charge in [-0.05, 0) is 44.0 Å². The number of nitrogens with zero attached hydrogens (tertiary/aromatic N) is 4. The highest BCUT2D eigenvalue weighted by Gasteiger charge is 2.06. The minimum Gasteiger partial charge on any atom is -0.496 e. The zero-order valence-corrected chi connectivity index (χ0v) is 19.5. The van der Waals surface area contributed by atoms with E-state index in [1.54, 1.807) is 7.11 Å². The maximum atomic E-state index is 5.47. The van der Waals surface area contributed by atoms with Crippen molar-refractivity contribution in [1.29, 1.82) is 0 Å². The minimum absolute atomic E-state index is 0. The molecule has 8 heteroatoms. The summed E-state index contributed by atoms with van der Waals surface area (Å²) in [6, 6.07) is 12.1. The Morgan fingerprint density at radius 3 is 2.83 bits per heavy atom. The number of ether oxygens (including phenoxy) is 1. The number of hydrogen-bond acceptors (Lipinski definition) is 4. The fourth-order valence-corrected chi connectivity index (χ4v) is 3.00. The van der Waals surface area contributed by atoms with Gasteiger partial charge < -0.3 is 15.4 Å². The highest BCUT2D eigenvalue weighted by atomic mass is 127. The molecule has 2 aromatic heterocycles. The molecule has 2 heterocycles. The molecular formula is C21H29IN6O. The normalized spacial score (nSPS) is 11.2. The lowest BCUT2D eigenvalue weighted by molar-refractivity contribution is 0.409. The first-order valence-electron chi connectivity index (χ1n) is 9.65. The lowest BCUT2D eigenvalue weighted by atomic mass is 10.1. The van der Waals surface area contributed by atoms with E-state index in [0.717, 1.165) is 54.7 Å². The van der Waals surface area contributed by atoms with Crippen molar-refractivity contribution < 1.29 is 4.74 Å². The van der Waals surface area contributed by atoms with E-state index in [9.17, 15) is 0 Å². The number of halogens is 1. The molecule has 0 amide bonds. The Morgan fingerprint density at radius 1 is 1.17 bits per heavy atom. The van der Waals surface area contributed by atoms with Crippen LogP contribution in [0.2, 0.25) is 0 Å². The number of methoxy groups -OCH3 is 1. The molecule has 0 aliphatic heterocycles. The van der Waals surface area contributed by atoms with Gasteiger partial charge in [-0.15, -0.1) is 34.2 Å². The van der Waals surface area contributed by atoms with Gasteiger partial charge in [-0.3, -0.25) is 4.40 Å². The molecule has 0 aliphatic rings. The van der Waals surface area contributed by atoms with Gasteiger partial charge in [0, 0.05) is 31.3 Å². The molecule has 0 saturated carbocycles. The van der Waals surface area contributed by atoms with Gasteiger partial charge in [-0.1, -0.05) is 18.2 Å². The lowest BCUT2D eigenvalue weighted by Crippen LogP contribution is -2.37. The van der Waals surface area contributed by atoms with Gasteiger partial charge in [-0.25, -0.2) is 4.99 Å². The van der Waals surface area contributed by atoms with E-state index < -0.39 is 0 Å². The molecule has 0 spiro atoms. The molecule has 3 aromatic rings. The molecule has 0 aliphatic carbocycles. The van der Waals surface area contributed by atoms with E-state index in [1.807, 2.05) is 34.9 Å². The average molecular weight is 508 g/mol. The van der Waals surface area contributed by atoms with Crippen molar-refractivity contribution in [2.24, 2.45) is 4.99 Å². The summed E-state index contributed by atoms with van der Waals surface area (Å²) in [5.41, 5.74) is 3.13. The van der Waals surface area contributed by atoms with E-state index in [2.05, 4.69) is 51.8 Å². The van der Waals surface area contributed by atoms with Crippen LogP contribution in [0.5, 0.6) is 5.75 Å². The summed E-state index contributed by atoms with van der Waals surface area (Å²) in [6.45, 7) is 6.30. The van der Waals surface area contributed by atoms with Crippen molar-refractivity contribution >= 4 is 35.6 Å². The van der Waals surface area contributed by atoms with Gasteiger partial charge in [0.25, 0.3) is 0 Å². The van der Waals surface area contributed by atoms with Crippen LogP contribution in [0.3, 0.4) is 0 Å². The van der Waals surface area contributed by atoms with Gasteiger partial charge >= 0.3 is 0 Å². The molecule has 1 aromatic carbocycles. The van der Waals surface area contributed by atoms with E-state index in [1.165, 1.54) is 5.56 Å². The summed E-state index contributed by atoms with van der Waals surface area (Å²) < 4.78 is 7.50. The predicted molar refractivity (Wildman–Crippen MR) is 127 cm³/mol. The topological polar surface area (TPSA) is 75.8 Å². The summed E-state index contributed by atoms with van der Waals surface area (Å²) in [6.07, 6.45) is 3.79. The minimum atomic E-state index is 0. The summed E-state index contributed by atoms with van der Waals surface area (Å²) in [5.74, 6) is 2.65. The zero-order valence-electron chi connectivity index (χ0n) is 17.2. The number of pyridine rings is 1. The van der Waals surface area contributed by atoms with Crippen LogP contribution in [-0.4, -0.2) is 40.8 Å². The summed E-state index contributed by atoms with van der Waals surface area (Å²) in [7, 11) is 1.69. The summed E-state index contributed by atoms with van der Waals surface area (Å²) in [4.78, 5) is 4.69. The smallest absolute Gasteiger partial charge is 0.191 e. The fourth-order valence-electron chi connectivity index (χ4n) is 3.00. The molecule has 0 saturated heterocycles. The summed E-state index contributed by atoms with van der Waals surface area (Å²) >= 11 is 0. The second kappa shape index (κ2) is 11.6. The number of benzene rings is 1. The van der Waals surface area contributed by atoms with Crippen molar-refractivity contribution in [3.63, 3.8) is 0 Å². The van der Waals surface area contributed by atoms with Crippen LogP contribution in [0.25, 0.3) is 5.65 Å². The Morgan fingerprint density at radius 2 is 2.03 bits per heavy atom. The van der Waals surface area contributed by atoms with Crippen molar-refractivity contribution in [2.45, 2.75) is 33.2 Å². The molecule has 156 valence electrons. The number of aryl methyl sites for hydroxylation is 2. The third-order valence-corrected chi connectivity index (χ3v) is 4.45. The molecular weight excluding hydrogens is 479 g/mol. The number of nitrogens with one attached hydrogen (secondary N) is 2. The molecule has 0 fully saturated rings. The zero-order chi connectivity index (χ0) is 19.8. The van der Waals surface area contributed by atoms with Gasteiger partial charge in [0.1, 0.15) is 11.6 Å². The van der Waals surface area contributed by atoms with E-state index >= 15 is 0 Å². The number of aliphatic imine (C=N–C) groups is 1. The van der Waals surface area contributed by atoms with Crippen LogP contribution >= 0.6 is 24.0 Å². The molecule has 2 N–H and O–H groups in total. The van der Waals surface area contributed by atoms with E-state index in [4.69, 9.17) is 4.74 Å². The molecule has 0 radical (unpaired) electrons. The number of aromatic nitrogens is 3. The maximum Gasteiger partial charge on any atom is 0.191 e. The average Bonchev–Trinajstić information content (AvgIpc) is 3.13. The van der Waals surface area contributed by atoms with Gasteiger partial charge in [0.15, 0.2) is 11.6 Å². The highest BCUT2D eigenvalue weighted by molar-refractivity contribution is 14.0. The fraction of sp³-hybridized carbons (Fsp3) is 0.381. The number of guanidine groups is 1. The van der Waals surface area contributed by atoms with Crippen LogP contribution in [0.1, 0.15) is 30.3 Å². The number of hydrogen-bond donors (Lipinski definition) is 2. The first-order chi connectivity index (χ1) is 13.7. The third kappa shape index (κ3) is 6.31. The second-order valence-corrected chi connectivity index (χ2v) is 6.59. The second-order valence-electron chi connectivity index (χ2n) is 6.59. The molecule has 0 bridgehead atoms. The Balaban J connectivity index is 0.00000300. The lowest BCUT2D eigenvalue weighted by Gasteiger charge is -2.12. The van der Waals surface area contributed by atoms with Gasteiger partial charge in [0.2, 0.25) is 0 Å². The summed E-state index contributed by atoms with van der Waals surface area (Å²) in [5, 5.41) is 15.1. The third-order valence-electron chi connectivity index (χ3n) is 4.45.